The predicted octanol–water partition coefficient (Wildman–Crippen LogP) is 1.62. The van der Waals surface area contributed by atoms with Crippen LogP contribution in [0.3, 0.4) is 0 Å². The second kappa shape index (κ2) is 5.76. The molecule has 0 unspecified atom stereocenters. The molecule has 0 saturated carbocycles. The van der Waals surface area contributed by atoms with Crippen LogP contribution in [0.1, 0.15) is 16.9 Å². The smallest absolute Gasteiger partial charge is 0.305 e. The number of fused-ring (bicyclic) bond motifs is 1. The van der Waals surface area contributed by atoms with Gasteiger partial charge in [-0.25, -0.2) is 4.39 Å². The van der Waals surface area contributed by atoms with Gasteiger partial charge in [-0.3, -0.25) is 9.59 Å². The van der Waals surface area contributed by atoms with E-state index in [4.69, 9.17) is 9.84 Å². The topological polar surface area (TPSA) is 82.6 Å². The first-order valence-electron chi connectivity index (χ1n) is 6.94. The Morgan fingerprint density at radius 2 is 2.27 bits per heavy atom. The minimum absolute atomic E-state index is 0.180. The number of ether oxygens (including phenoxy) is 1. The van der Waals surface area contributed by atoms with E-state index in [1.807, 2.05) is 0 Å². The number of amides is 1. The summed E-state index contributed by atoms with van der Waals surface area (Å²) in [7, 11) is 0. The molecule has 0 spiro atoms. The first-order chi connectivity index (χ1) is 10.6. The Morgan fingerprint density at radius 1 is 1.45 bits per heavy atom. The highest BCUT2D eigenvalue weighted by molar-refractivity contribution is 5.98. The lowest BCUT2D eigenvalue weighted by Gasteiger charge is -2.34. The zero-order chi connectivity index (χ0) is 15.7. The standard InChI is InChI=1S/C15H15FN2O4/c16-11-2-1-3-12-10(11)7-13(17-12)15(21)18-4-5-22-8-9(18)6-14(19)20/h1-3,7,9,17H,4-6,8H2,(H,19,20)/t9-/m0/s1. The van der Waals surface area contributed by atoms with Gasteiger partial charge in [-0.2, -0.15) is 0 Å². The van der Waals surface area contributed by atoms with Gasteiger partial charge in [0.25, 0.3) is 5.91 Å². The molecule has 2 aromatic rings. The van der Waals surface area contributed by atoms with Gasteiger partial charge in [0.05, 0.1) is 25.7 Å². The molecule has 22 heavy (non-hydrogen) atoms. The lowest BCUT2D eigenvalue weighted by atomic mass is 10.1. The summed E-state index contributed by atoms with van der Waals surface area (Å²) >= 11 is 0. The summed E-state index contributed by atoms with van der Waals surface area (Å²) in [6, 6.07) is 5.51. The Labute approximate surface area is 125 Å². The molecule has 116 valence electrons. The highest BCUT2D eigenvalue weighted by Crippen LogP contribution is 2.21. The van der Waals surface area contributed by atoms with Crippen molar-refractivity contribution in [3.8, 4) is 0 Å². The number of aromatic nitrogens is 1. The van der Waals surface area contributed by atoms with Crippen LogP contribution in [0.5, 0.6) is 0 Å². The number of hydrogen-bond acceptors (Lipinski definition) is 3. The van der Waals surface area contributed by atoms with E-state index >= 15 is 0 Å². The fourth-order valence-electron chi connectivity index (χ4n) is 2.68. The Bertz CT molecular complexity index is 727. The minimum Gasteiger partial charge on any atom is -0.481 e. The van der Waals surface area contributed by atoms with Gasteiger partial charge in [0.15, 0.2) is 0 Å². The predicted molar refractivity (Wildman–Crippen MR) is 76.2 cm³/mol. The largest absolute Gasteiger partial charge is 0.481 e. The van der Waals surface area contributed by atoms with Gasteiger partial charge >= 0.3 is 5.97 Å². The fourth-order valence-corrected chi connectivity index (χ4v) is 2.68. The first-order valence-corrected chi connectivity index (χ1v) is 6.94. The Morgan fingerprint density at radius 3 is 3.00 bits per heavy atom. The second-order valence-corrected chi connectivity index (χ2v) is 5.21. The number of rotatable bonds is 3. The Hall–Kier alpha value is -2.41. The molecule has 1 saturated heterocycles. The maximum atomic E-state index is 13.7. The summed E-state index contributed by atoms with van der Waals surface area (Å²) in [6.07, 6.45) is -0.180. The summed E-state index contributed by atoms with van der Waals surface area (Å²) < 4.78 is 19.0. The number of nitrogens with one attached hydrogen (secondary N) is 1. The van der Waals surface area contributed by atoms with Crippen molar-refractivity contribution in [2.45, 2.75) is 12.5 Å². The Kier molecular flexibility index (Phi) is 3.81. The minimum atomic E-state index is -0.990. The van der Waals surface area contributed by atoms with E-state index in [1.54, 1.807) is 12.1 Å². The second-order valence-electron chi connectivity index (χ2n) is 5.21. The van der Waals surface area contributed by atoms with Crippen molar-refractivity contribution in [2.75, 3.05) is 19.8 Å². The van der Waals surface area contributed by atoms with E-state index in [0.29, 0.717) is 24.1 Å². The zero-order valence-electron chi connectivity index (χ0n) is 11.7. The monoisotopic (exact) mass is 306 g/mol. The molecule has 7 heteroatoms. The van der Waals surface area contributed by atoms with E-state index in [9.17, 15) is 14.0 Å². The Balaban J connectivity index is 1.89. The van der Waals surface area contributed by atoms with E-state index in [-0.39, 0.29) is 24.6 Å². The molecule has 1 amide bonds. The first kappa shape index (κ1) is 14.5. The molecule has 1 fully saturated rings. The summed E-state index contributed by atoms with van der Waals surface area (Å²) in [6.45, 7) is 0.859. The highest BCUT2D eigenvalue weighted by atomic mass is 19.1. The van der Waals surface area contributed by atoms with Crippen LogP contribution in [-0.2, 0) is 9.53 Å². The summed E-state index contributed by atoms with van der Waals surface area (Å²) in [5, 5.41) is 9.28. The molecule has 1 aliphatic rings. The van der Waals surface area contributed by atoms with Crippen LogP contribution in [0.2, 0.25) is 0 Å². The number of aromatic amines is 1. The SMILES string of the molecule is O=C(O)C[C@H]1COCCN1C(=O)c1cc2c(F)cccc2[nH]1. The van der Waals surface area contributed by atoms with Crippen molar-refractivity contribution < 1.29 is 23.8 Å². The molecular weight excluding hydrogens is 291 g/mol. The molecule has 0 aliphatic carbocycles. The van der Waals surface area contributed by atoms with Crippen molar-refractivity contribution in [3.05, 3.63) is 35.8 Å². The van der Waals surface area contributed by atoms with Crippen LogP contribution < -0.4 is 0 Å². The third-order valence-electron chi connectivity index (χ3n) is 3.74. The molecule has 0 bridgehead atoms. The van der Waals surface area contributed by atoms with Crippen molar-refractivity contribution in [2.24, 2.45) is 0 Å². The van der Waals surface area contributed by atoms with Crippen LogP contribution in [0.4, 0.5) is 4.39 Å². The number of morpholine rings is 1. The summed E-state index contributed by atoms with van der Waals surface area (Å²) in [5.74, 6) is -1.74. The normalized spacial score (nSPS) is 18.6. The maximum absolute atomic E-state index is 13.7. The van der Waals surface area contributed by atoms with Gasteiger partial charge < -0.3 is 19.7 Å². The third kappa shape index (κ3) is 2.67. The van der Waals surface area contributed by atoms with E-state index in [2.05, 4.69) is 4.98 Å². The molecule has 3 rings (SSSR count). The fraction of sp³-hybridized carbons (Fsp3) is 0.333. The van der Waals surface area contributed by atoms with Crippen LogP contribution in [0, 0.1) is 5.82 Å². The van der Waals surface area contributed by atoms with Gasteiger partial charge in [-0.15, -0.1) is 0 Å². The molecule has 1 aromatic heterocycles. The van der Waals surface area contributed by atoms with Gasteiger partial charge in [0.1, 0.15) is 11.5 Å². The maximum Gasteiger partial charge on any atom is 0.305 e. The zero-order valence-corrected chi connectivity index (χ0v) is 11.7. The van der Waals surface area contributed by atoms with Gasteiger partial charge in [0, 0.05) is 17.4 Å². The summed E-state index contributed by atoms with van der Waals surface area (Å²) in [5.41, 5.74) is 0.781. The molecular formula is C15H15FN2O4. The number of carboxylic acid groups (broad SMARTS) is 1. The molecule has 1 atom stereocenters. The number of hydrogen-bond donors (Lipinski definition) is 2. The summed E-state index contributed by atoms with van der Waals surface area (Å²) in [4.78, 5) is 27.9. The van der Waals surface area contributed by atoms with Crippen LogP contribution in [0.15, 0.2) is 24.3 Å². The van der Waals surface area contributed by atoms with E-state index in [1.165, 1.54) is 17.0 Å². The lowest BCUT2D eigenvalue weighted by Crippen LogP contribution is -2.49. The number of carbonyl (C=O) groups excluding carboxylic acids is 1. The van der Waals surface area contributed by atoms with Gasteiger partial charge in [0.2, 0.25) is 0 Å². The lowest BCUT2D eigenvalue weighted by molar-refractivity contribution is -0.139. The number of halogens is 1. The molecule has 2 heterocycles. The number of nitrogens with zero attached hydrogens (tertiary/aromatic N) is 1. The van der Waals surface area contributed by atoms with Gasteiger partial charge in [-0.1, -0.05) is 6.07 Å². The molecule has 6 nitrogen and oxygen atoms in total. The van der Waals surface area contributed by atoms with E-state index in [0.717, 1.165) is 0 Å². The quantitative estimate of drug-likeness (QED) is 0.903. The van der Waals surface area contributed by atoms with Gasteiger partial charge in [-0.05, 0) is 18.2 Å². The van der Waals surface area contributed by atoms with Crippen molar-refractivity contribution in [1.29, 1.82) is 0 Å². The van der Waals surface area contributed by atoms with Crippen molar-refractivity contribution >= 4 is 22.8 Å². The van der Waals surface area contributed by atoms with Crippen LogP contribution >= 0.6 is 0 Å². The number of H-pyrrole nitrogens is 1. The van der Waals surface area contributed by atoms with Crippen molar-refractivity contribution in [1.82, 2.24) is 9.88 Å². The number of carboxylic acids is 1. The average Bonchev–Trinajstić information content (AvgIpc) is 2.92. The van der Waals surface area contributed by atoms with Crippen molar-refractivity contribution in [3.63, 3.8) is 0 Å². The molecule has 0 radical (unpaired) electrons. The third-order valence-corrected chi connectivity index (χ3v) is 3.74. The average molecular weight is 306 g/mol. The van der Waals surface area contributed by atoms with Crippen LogP contribution in [-0.4, -0.2) is 52.7 Å². The van der Waals surface area contributed by atoms with E-state index < -0.39 is 17.8 Å². The number of carbonyl (C=O) groups is 2. The highest BCUT2D eigenvalue weighted by Gasteiger charge is 2.30. The number of aliphatic carboxylic acids is 1. The number of benzene rings is 1. The molecule has 1 aromatic carbocycles. The molecule has 2 N–H and O–H groups in total. The molecule has 1 aliphatic heterocycles. The van der Waals surface area contributed by atoms with Crippen LogP contribution in [0.25, 0.3) is 10.9 Å².